The number of nitrogens with zero attached hydrogens (tertiary/aromatic N) is 3. The topological polar surface area (TPSA) is 65.8 Å². The zero-order chi connectivity index (χ0) is 15.2. The van der Waals surface area contributed by atoms with Gasteiger partial charge in [0.15, 0.2) is 0 Å². The van der Waals surface area contributed by atoms with Gasteiger partial charge in [0.05, 0.1) is 6.10 Å². The van der Waals surface area contributed by atoms with Gasteiger partial charge in [-0.3, -0.25) is 14.5 Å². The Hall–Kier alpha value is -1.66. The van der Waals surface area contributed by atoms with Gasteiger partial charge < -0.3 is 14.6 Å². The van der Waals surface area contributed by atoms with Crippen LogP contribution in [0.4, 0.5) is 0 Å². The second-order valence-electron chi connectivity index (χ2n) is 5.41. The summed E-state index contributed by atoms with van der Waals surface area (Å²) in [6, 6.07) is 4.87. The van der Waals surface area contributed by atoms with Gasteiger partial charge in [-0.2, -0.15) is 0 Å². The molecular weight excluding hydrogens is 270 g/mol. The van der Waals surface area contributed by atoms with Crippen LogP contribution in [0, 0.1) is 0 Å². The highest BCUT2D eigenvalue weighted by molar-refractivity contribution is 5.76. The van der Waals surface area contributed by atoms with Gasteiger partial charge in [0.1, 0.15) is 6.54 Å². The van der Waals surface area contributed by atoms with Crippen molar-refractivity contribution in [3.8, 4) is 0 Å². The van der Waals surface area contributed by atoms with Crippen LogP contribution >= 0.6 is 0 Å². The Bertz CT molecular complexity index is 521. The molecule has 0 aliphatic carbocycles. The first kappa shape index (κ1) is 15.7. The molecule has 2 rings (SSSR count). The Kier molecular flexibility index (Phi) is 5.52. The van der Waals surface area contributed by atoms with E-state index in [1.165, 1.54) is 10.6 Å². The fourth-order valence-electron chi connectivity index (χ4n) is 2.44. The number of amides is 1. The molecule has 1 aromatic heterocycles. The molecular formula is C15H23N3O3. The third-order valence-electron chi connectivity index (χ3n) is 3.87. The number of aliphatic hydroxyl groups excluding tert-OH is 1. The standard InChI is InChI=1S/C15H23N3O3/c1-2-13(19)11-16-7-9-17(10-8-16)15(21)12-18-6-4-3-5-14(18)20/h3-6,13,19H,2,7-12H2,1H3. The molecule has 1 fully saturated rings. The number of aliphatic hydroxyl groups is 1. The maximum atomic E-state index is 12.2. The number of carbonyl (C=O) groups is 1. The van der Waals surface area contributed by atoms with Gasteiger partial charge in [0.25, 0.3) is 5.56 Å². The maximum absolute atomic E-state index is 12.2. The molecule has 0 bridgehead atoms. The van der Waals surface area contributed by atoms with E-state index in [0.717, 1.165) is 19.5 Å². The van der Waals surface area contributed by atoms with Gasteiger partial charge in [-0.15, -0.1) is 0 Å². The van der Waals surface area contributed by atoms with Crippen molar-refractivity contribution < 1.29 is 9.90 Å². The van der Waals surface area contributed by atoms with Crippen LogP contribution in [-0.2, 0) is 11.3 Å². The Labute approximate surface area is 124 Å². The lowest BCUT2D eigenvalue weighted by atomic mass is 10.2. The van der Waals surface area contributed by atoms with Gasteiger partial charge in [-0.25, -0.2) is 0 Å². The molecule has 116 valence electrons. The number of β-amino-alcohol motifs (C(OH)–C–C–N with tert-alkyl or cyclic N) is 1. The van der Waals surface area contributed by atoms with E-state index >= 15 is 0 Å². The van der Waals surface area contributed by atoms with E-state index in [9.17, 15) is 14.7 Å². The Morgan fingerprint density at radius 1 is 1.29 bits per heavy atom. The van der Waals surface area contributed by atoms with Crippen molar-refractivity contribution in [1.29, 1.82) is 0 Å². The van der Waals surface area contributed by atoms with Crippen LogP contribution in [0.1, 0.15) is 13.3 Å². The van der Waals surface area contributed by atoms with Gasteiger partial charge in [-0.05, 0) is 12.5 Å². The predicted octanol–water partition coefficient (Wildman–Crippen LogP) is -0.237. The molecule has 0 radical (unpaired) electrons. The lowest BCUT2D eigenvalue weighted by Gasteiger charge is -2.35. The number of aromatic nitrogens is 1. The first-order chi connectivity index (χ1) is 10.1. The molecule has 6 nitrogen and oxygen atoms in total. The smallest absolute Gasteiger partial charge is 0.250 e. The monoisotopic (exact) mass is 293 g/mol. The summed E-state index contributed by atoms with van der Waals surface area (Å²) in [6.45, 7) is 5.56. The summed E-state index contributed by atoms with van der Waals surface area (Å²) in [6.07, 6.45) is 2.08. The molecule has 2 heterocycles. The van der Waals surface area contributed by atoms with Crippen molar-refractivity contribution >= 4 is 5.91 Å². The quantitative estimate of drug-likeness (QED) is 0.814. The second-order valence-corrected chi connectivity index (χ2v) is 5.41. The lowest BCUT2D eigenvalue weighted by molar-refractivity contribution is -0.133. The zero-order valence-electron chi connectivity index (χ0n) is 12.4. The van der Waals surface area contributed by atoms with Gasteiger partial charge in [0.2, 0.25) is 5.91 Å². The van der Waals surface area contributed by atoms with E-state index in [1.807, 2.05) is 6.92 Å². The molecule has 1 N–H and O–H groups in total. The minimum atomic E-state index is -0.296. The molecule has 1 saturated heterocycles. The summed E-state index contributed by atoms with van der Waals surface area (Å²) in [5, 5.41) is 9.65. The lowest BCUT2D eigenvalue weighted by Crippen LogP contribution is -2.51. The fraction of sp³-hybridized carbons (Fsp3) is 0.600. The largest absolute Gasteiger partial charge is 0.392 e. The van der Waals surface area contributed by atoms with E-state index in [1.54, 1.807) is 23.2 Å². The summed E-state index contributed by atoms with van der Waals surface area (Å²) in [7, 11) is 0. The fourth-order valence-corrected chi connectivity index (χ4v) is 2.44. The van der Waals surface area contributed by atoms with Crippen LogP contribution in [0.3, 0.4) is 0 Å². The average molecular weight is 293 g/mol. The molecule has 1 aliphatic rings. The molecule has 0 saturated carbocycles. The summed E-state index contributed by atoms with van der Waals surface area (Å²) < 4.78 is 1.43. The highest BCUT2D eigenvalue weighted by atomic mass is 16.3. The molecule has 1 amide bonds. The van der Waals surface area contributed by atoms with Gasteiger partial charge in [0, 0.05) is 45.0 Å². The Balaban J connectivity index is 1.83. The van der Waals surface area contributed by atoms with Crippen molar-refractivity contribution in [1.82, 2.24) is 14.4 Å². The zero-order valence-corrected chi connectivity index (χ0v) is 12.4. The molecule has 1 unspecified atom stereocenters. The van der Waals surface area contributed by atoms with Crippen LogP contribution in [0.5, 0.6) is 0 Å². The Morgan fingerprint density at radius 3 is 2.62 bits per heavy atom. The van der Waals surface area contributed by atoms with E-state index in [0.29, 0.717) is 19.6 Å². The van der Waals surface area contributed by atoms with Crippen LogP contribution in [0.2, 0.25) is 0 Å². The van der Waals surface area contributed by atoms with Crippen molar-refractivity contribution in [3.05, 3.63) is 34.7 Å². The van der Waals surface area contributed by atoms with Crippen LogP contribution in [-0.4, -0.2) is 64.2 Å². The SMILES string of the molecule is CCC(O)CN1CCN(C(=O)Cn2ccccc2=O)CC1. The van der Waals surface area contributed by atoms with E-state index in [2.05, 4.69) is 4.90 Å². The van der Waals surface area contributed by atoms with Gasteiger partial charge in [-0.1, -0.05) is 13.0 Å². The van der Waals surface area contributed by atoms with Crippen molar-refractivity contribution in [2.75, 3.05) is 32.7 Å². The average Bonchev–Trinajstić information content (AvgIpc) is 2.50. The second kappa shape index (κ2) is 7.38. The van der Waals surface area contributed by atoms with Crippen LogP contribution < -0.4 is 5.56 Å². The summed E-state index contributed by atoms with van der Waals surface area (Å²) in [5.41, 5.74) is -0.157. The molecule has 21 heavy (non-hydrogen) atoms. The minimum Gasteiger partial charge on any atom is -0.392 e. The van der Waals surface area contributed by atoms with E-state index < -0.39 is 0 Å². The van der Waals surface area contributed by atoms with E-state index in [-0.39, 0.29) is 24.1 Å². The molecule has 1 aromatic rings. The Morgan fingerprint density at radius 2 is 2.00 bits per heavy atom. The first-order valence-corrected chi connectivity index (χ1v) is 7.44. The summed E-state index contributed by atoms with van der Waals surface area (Å²) >= 11 is 0. The van der Waals surface area contributed by atoms with Crippen molar-refractivity contribution in [2.45, 2.75) is 26.0 Å². The molecule has 1 aliphatic heterocycles. The number of carbonyl (C=O) groups excluding carboxylic acids is 1. The van der Waals surface area contributed by atoms with Crippen LogP contribution in [0.15, 0.2) is 29.2 Å². The highest BCUT2D eigenvalue weighted by Gasteiger charge is 2.22. The third-order valence-corrected chi connectivity index (χ3v) is 3.87. The number of piperazine rings is 1. The summed E-state index contributed by atoms with van der Waals surface area (Å²) in [4.78, 5) is 27.8. The van der Waals surface area contributed by atoms with Gasteiger partial charge >= 0.3 is 0 Å². The molecule has 0 aromatic carbocycles. The molecule has 0 spiro atoms. The van der Waals surface area contributed by atoms with E-state index in [4.69, 9.17) is 0 Å². The first-order valence-electron chi connectivity index (χ1n) is 7.44. The number of pyridine rings is 1. The molecule has 6 heteroatoms. The molecule has 1 atom stereocenters. The normalized spacial score (nSPS) is 17.7. The predicted molar refractivity (Wildman–Crippen MR) is 80.0 cm³/mol. The third kappa shape index (κ3) is 4.41. The number of rotatable bonds is 5. The van der Waals surface area contributed by atoms with Crippen LogP contribution in [0.25, 0.3) is 0 Å². The van der Waals surface area contributed by atoms with Crippen molar-refractivity contribution in [3.63, 3.8) is 0 Å². The summed E-state index contributed by atoms with van der Waals surface area (Å²) in [5.74, 6) is -0.0287. The minimum absolute atomic E-state index is 0.0287. The maximum Gasteiger partial charge on any atom is 0.250 e. The number of hydrogen-bond acceptors (Lipinski definition) is 4. The van der Waals surface area contributed by atoms with Crippen molar-refractivity contribution in [2.24, 2.45) is 0 Å². The highest BCUT2D eigenvalue weighted by Crippen LogP contribution is 2.05. The number of hydrogen-bond donors (Lipinski definition) is 1.